The van der Waals surface area contributed by atoms with Crippen molar-refractivity contribution in [3.8, 4) is 0 Å². The van der Waals surface area contributed by atoms with E-state index in [2.05, 4.69) is 4.98 Å². The van der Waals surface area contributed by atoms with Gasteiger partial charge in [0.15, 0.2) is 0 Å². The van der Waals surface area contributed by atoms with Crippen molar-refractivity contribution in [2.75, 3.05) is 26.3 Å². The lowest BCUT2D eigenvalue weighted by molar-refractivity contribution is -0.137. The molecule has 24 heavy (non-hydrogen) atoms. The highest BCUT2D eigenvalue weighted by atomic mass is 16.5. The van der Waals surface area contributed by atoms with Crippen molar-refractivity contribution >= 4 is 11.8 Å². The Balaban J connectivity index is 1.60. The van der Waals surface area contributed by atoms with Gasteiger partial charge >= 0.3 is 0 Å². The molecule has 0 aromatic carbocycles. The zero-order valence-electron chi connectivity index (χ0n) is 14.2. The van der Waals surface area contributed by atoms with Crippen LogP contribution >= 0.6 is 0 Å². The van der Waals surface area contributed by atoms with Gasteiger partial charge in [-0.1, -0.05) is 0 Å². The predicted octanol–water partition coefficient (Wildman–Crippen LogP) is 1.25. The van der Waals surface area contributed by atoms with Crippen molar-refractivity contribution in [2.24, 2.45) is 0 Å². The molecular weight excluding hydrogens is 306 g/mol. The van der Waals surface area contributed by atoms with E-state index in [0.29, 0.717) is 26.2 Å². The number of hydrogen-bond donors (Lipinski definition) is 0. The molecule has 1 aromatic rings. The van der Waals surface area contributed by atoms with Gasteiger partial charge in [-0.25, -0.2) is 0 Å². The zero-order valence-corrected chi connectivity index (χ0v) is 14.2. The lowest BCUT2D eigenvalue weighted by Crippen LogP contribution is -2.49. The maximum absolute atomic E-state index is 12.5. The summed E-state index contributed by atoms with van der Waals surface area (Å²) in [5.74, 6) is 0.231. The average Bonchev–Trinajstić information content (AvgIpc) is 3.06. The molecule has 0 aliphatic carbocycles. The molecular formula is C18H25N3O3. The number of pyridine rings is 1. The van der Waals surface area contributed by atoms with Crippen LogP contribution in [0.25, 0.3) is 0 Å². The molecule has 3 rings (SSSR count). The standard InChI is InChI=1S/C18H25N3O3/c1-14(22)21(16-5-10-24-11-6-16)17-4-9-20(13-17)18(23)12-15-2-7-19-8-3-15/h2-3,7-8,16-17H,4-6,9-13H2,1H3. The first-order valence-corrected chi connectivity index (χ1v) is 8.68. The van der Waals surface area contributed by atoms with Gasteiger partial charge < -0.3 is 14.5 Å². The van der Waals surface area contributed by atoms with Crippen LogP contribution in [0, 0.1) is 0 Å². The summed E-state index contributed by atoms with van der Waals surface area (Å²) in [5.41, 5.74) is 0.978. The first-order valence-electron chi connectivity index (χ1n) is 8.68. The van der Waals surface area contributed by atoms with E-state index < -0.39 is 0 Å². The van der Waals surface area contributed by atoms with E-state index in [0.717, 1.165) is 31.4 Å². The van der Waals surface area contributed by atoms with Crippen LogP contribution < -0.4 is 0 Å². The van der Waals surface area contributed by atoms with Crippen LogP contribution in [0.15, 0.2) is 24.5 Å². The lowest BCUT2D eigenvalue weighted by atomic mass is 10.0. The monoisotopic (exact) mass is 331 g/mol. The van der Waals surface area contributed by atoms with Crippen LogP contribution in [0.5, 0.6) is 0 Å². The molecule has 3 heterocycles. The number of carbonyl (C=O) groups excluding carboxylic acids is 2. The minimum Gasteiger partial charge on any atom is -0.381 e. The summed E-state index contributed by atoms with van der Waals surface area (Å²) < 4.78 is 5.41. The number of aromatic nitrogens is 1. The summed E-state index contributed by atoms with van der Waals surface area (Å²) >= 11 is 0. The number of hydrogen-bond acceptors (Lipinski definition) is 4. The Morgan fingerprint density at radius 2 is 1.92 bits per heavy atom. The molecule has 1 atom stereocenters. The summed E-state index contributed by atoms with van der Waals surface area (Å²) in [7, 11) is 0. The van der Waals surface area contributed by atoms with Crippen LogP contribution in [-0.2, 0) is 20.7 Å². The molecule has 0 spiro atoms. The molecule has 0 bridgehead atoms. The Labute approximate surface area is 142 Å². The van der Waals surface area contributed by atoms with Crippen molar-refractivity contribution in [3.63, 3.8) is 0 Å². The molecule has 6 heteroatoms. The average molecular weight is 331 g/mol. The maximum Gasteiger partial charge on any atom is 0.227 e. The van der Waals surface area contributed by atoms with Gasteiger partial charge in [-0.2, -0.15) is 0 Å². The Kier molecular flexibility index (Phi) is 5.45. The number of ether oxygens (including phenoxy) is 1. The second-order valence-corrected chi connectivity index (χ2v) is 6.58. The van der Waals surface area contributed by atoms with Crippen LogP contribution in [-0.4, -0.2) is 65.0 Å². The molecule has 1 aromatic heterocycles. The van der Waals surface area contributed by atoms with Gasteiger partial charge in [0.1, 0.15) is 0 Å². The van der Waals surface area contributed by atoms with Crippen molar-refractivity contribution in [3.05, 3.63) is 30.1 Å². The van der Waals surface area contributed by atoms with E-state index in [1.807, 2.05) is 21.9 Å². The zero-order chi connectivity index (χ0) is 16.9. The molecule has 0 saturated carbocycles. The van der Waals surface area contributed by atoms with Gasteiger partial charge in [0.25, 0.3) is 0 Å². The number of carbonyl (C=O) groups is 2. The highest BCUT2D eigenvalue weighted by molar-refractivity contribution is 5.79. The second kappa shape index (κ2) is 7.75. The highest BCUT2D eigenvalue weighted by Gasteiger charge is 2.35. The van der Waals surface area contributed by atoms with E-state index in [-0.39, 0.29) is 23.9 Å². The molecule has 1 unspecified atom stereocenters. The van der Waals surface area contributed by atoms with Crippen molar-refractivity contribution in [1.82, 2.24) is 14.8 Å². The fraction of sp³-hybridized carbons (Fsp3) is 0.611. The molecule has 0 N–H and O–H groups in total. The lowest BCUT2D eigenvalue weighted by Gasteiger charge is -2.37. The van der Waals surface area contributed by atoms with Gasteiger partial charge in [0.2, 0.25) is 11.8 Å². The Morgan fingerprint density at radius 1 is 1.21 bits per heavy atom. The molecule has 2 amide bonds. The Bertz CT molecular complexity index is 572. The first-order chi connectivity index (χ1) is 11.6. The summed E-state index contributed by atoms with van der Waals surface area (Å²) in [4.78, 5) is 32.6. The van der Waals surface area contributed by atoms with E-state index in [9.17, 15) is 9.59 Å². The third-order valence-corrected chi connectivity index (χ3v) is 4.96. The SMILES string of the molecule is CC(=O)N(C1CCOCC1)C1CCN(C(=O)Cc2ccncc2)C1. The van der Waals surface area contributed by atoms with Gasteiger partial charge in [0.05, 0.1) is 12.5 Å². The van der Waals surface area contributed by atoms with E-state index >= 15 is 0 Å². The second-order valence-electron chi connectivity index (χ2n) is 6.58. The van der Waals surface area contributed by atoms with Crippen LogP contribution in [0.1, 0.15) is 31.7 Å². The third kappa shape index (κ3) is 3.93. The van der Waals surface area contributed by atoms with E-state index in [1.54, 1.807) is 19.3 Å². The normalized spacial score (nSPS) is 21.7. The molecule has 2 aliphatic heterocycles. The quantitative estimate of drug-likeness (QED) is 0.833. The number of rotatable bonds is 4. The van der Waals surface area contributed by atoms with Gasteiger partial charge in [0, 0.05) is 51.7 Å². The Morgan fingerprint density at radius 3 is 2.58 bits per heavy atom. The van der Waals surface area contributed by atoms with Gasteiger partial charge in [-0.05, 0) is 37.0 Å². The van der Waals surface area contributed by atoms with E-state index in [1.165, 1.54) is 0 Å². The molecule has 2 aliphatic rings. The van der Waals surface area contributed by atoms with Crippen molar-refractivity contribution in [2.45, 2.75) is 44.7 Å². The van der Waals surface area contributed by atoms with Crippen LogP contribution in [0.2, 0.25) is 0 Å². The highest BCUT2D eigenvalue weighted by Crippen LogP contribution is 2.24. The number of nitrogens with zero attached hydrogens (tertiary/aromatic N) is 3. The maximum atomic E-state index is 12.5. The summed E-state index contributed by atoms with van der Waals surface area (Å²) in [6.45, 7) is 4.43. The van der Waals surface area contributed by atoms with Gasteiger partial charge in [-0.3, -0.25) is 14.6 Å². The molecule has 2 fully saturated rings. The Hall–Kier alpha value is -1.95. The van der Waals surface area contributed by atoms with Crippen molar-refractivity contribution in [1.29, 1.82) is 0 Å². The van der Waals surface area contributed by atoms with Gasteiger partial charge in [-0.15, -0.1) is 0 Å². The number of likely N-dealkylation sites (tertiary alicyclic amines) is 1. The fourth-order valence-electron chi connectivity index (χ4n) is 3.76. The number of amides is 2. The van der Waals surface area contributed by atoms with Crippen LogP contribution in [0.3, 0.4) is 0 Å². The molecule has 2 saturated heterocycles. The third-order valence-electron chi connectivity index (χ3n) is 4.96. The fourth-order valence-corrected chi connectivity index (χ4v) is 3.76. The van der Waals surface area contributed by atoms with Crippen LogP contribution in [0.4, 0.5) is 0 Å². The summed E-state index contributed by atoms with van der Waals surface area (Å²) in [6.07, 6.45) is 6.45. The smallest absolute Gasteiger partial charge is 0.227 e. The summed E-state index contributed by atoms with van der Waals surface area (Å²) in [5, 5.41) is 0. The summed E-state index contributed by atoms with van der Waals surface area (Å²) in [6, 6.07) is 4.12. The first kappa shape index (κ1) is 16.9. The minimum atomic E-state index is 0.107. The largest absolute Gasteiger partial charge is 0.381 e. The molecule has 130 valence electrons. The van der Waals surface area contributed by atoms with Crippen molar-refractivity contribution < 1.29 is 14.3 Å². The van der Waals surface area contributed by atoms with E-state index in [4.69, 9.17) is 4.74 Å². The topological polar surface area (TPSA) is 62.7 Å². The predicted molar refractivity (Wildman–Crippen MR) is 89.3 cm³/mol. The molecule has 0 radical (unpaired) electrons. The molecule has 6 nitrogen and oxygen atoms in total. The minimum absolute atomic E-state index is 0.107.